The van der Waals surface area contributed by atoms with Gasteiger partial charge < -0.3 is 13.4 Å². The van der Waals surface area contributed by atoms with Crippen LogP contribution in [0.5, 0.6) is 0 Å². The molecule has 20 heavy (non-hydrogen) atoms. The Balaban J connectivity index is 1.66. The predicted molar refractivity (Wildman–Crippen MR) is 71.9 cm³/mol. The van der Waals surface area contributed by atoms with Crippen molar-refractivity contribution in [1.29, 1.82) is 0 Å². The molecule has 102 valence electrons. The molecule has 0 spiro atoms. The predicted octanol–water partition coefficient (Wildman–Crippen LogP) is 3.93. The lowest BCUT2D eigenvalue weighted by Gasteiger charge is -1.84. The summed E-state index contributed by atoms with van der Waals surface area (Å²) in [6, 6.07) is 1.83. The van der Waals surface area contributed by atoms with Crippen LogP contribution in [0.2, 0.25) is 0 Å². The zero-order chi connectivity index (χ0) is 13.7. The zero-order valence-corrected chi connectivity index (χ0v) is 12.2. The molecule has 0 radical (unpaired) electrons. The molecule has 1 aliphatic carbocycles. The third-order valence-electron chi connectivity index (χ3n) is 3.17. The maximum atomic E-state index is 5.48. The Bertz CT molecular complexity index is 750. The highest BCUT2D eigenvalue weighted by molar-refractivity contribution is 9.10. The summed E-state index contributed by atoms with van der Waals surface area (Å²) < 4.78 is 16.8. The van der Waals surface area contributed by atoms with Gasteiger partial charge >= 0.3 is 0 Å². The average molecular weight is 336 g/mol. The Morgan fingerprint density at radius 2 is 2.15 bits per heavy atom. The second-order valence-electron chi connectivity index (χ2n) is 4.84. The van der Waals surface area contributed by atoms with E-state index in [1.165, 1.54) is 0 Å². The number of aryl methyl sites for hydroxylation is 1. The molecule has 7 heteroatoms. The average Bonchev–Trinajstić information content (AvgIpc) is 2.88. The molecule has 0 amide bonds. The summed E-state index contributed by atoms with van der Waals surface area (Å²) in [5, 5.41) is 3.91. The Morgan fingerprint density at radius 1 is 1.30 bits per heavy atom. The number of aromatic nitrogens is 3. The lowest BCUT2D eigenvalue weighted by Crippen LogP contribution is -1.82. The van der Waals surface area contributed by atoms with E-state index in [9.17, 15) is 0 Å². The van der Waals surface area contributed by atoms with Crippen molar-refractivity contribution in [3.8, 4) is 23.2 Å². The summed E-state index contributed by atoms with van der Waals surface area (Å²) >= 11 is 3.31. The van der Waals surface area contributed by atoms with Gasteiger partial charge in [-0.2, -0.15) is 4.98 Å². The molecule has 0 bridgehead atoms. The van der Waals surface area contributed by atoms with Crippen molar-refractivity contribution in [2.24, 2.45) is 0 Å². The highest BCUT2D eigenvalue weighted by Gasteiger charge is 2.29. The first kappa shape index (κ1) is 11.9. The van der Waals surface area contributed by atoms with Gasteiger partial charge in [-0.15, -0.1) is 0 Å². The van der Waals surface area contributed by atoms with Crippen molar-refractivity contribution < 1.29 is 13.4 Å². The number of furan rings is 1. The van der Waals surface area contributed by atoms with Crippen LogP contribution in [0, 0.1) is 6.92 Å². The number of rotatable bonds is 3. The molecular weight excluding hydrogens is 326 g/mol. The monoisotopic (exact) mass is 335 g/mol. The van der Waals surface area contributed by atoms with Gasteiger partial charge in [0.2, 0.25) is 5.82 Å². The zero-order valence-electron chi connectivity index (χ0n) is 10.6. The van der Waals surface area contributed by atoms with Gasteiger partial charge in [-0.25, -0.2) is 4.98 Å². The number of halogens is 1. The molecule has 1 saturated carbocycles. The SMILES string of the molecule is Cc1cc(-c2nc(-c3coc(C4CC4)n3)no2)oc1Br. The standard InChI is InChI=1S/C13H10BrN3O3/c1-6-4-9(19-10(6)14)13-16-11(17-20-13)8-5-18-12(15-8)7-2-3-7/h4-5,7H,2-3H2,1H3. The summed E-state index contributed by atoms with van der Waals surface area (Å²) in [6.45, 7) is 1.92. The molecule has 0 saturated heterocycles. The second kappa shape index (κ2) is 4.31. The van der Waals surface area contributed by atoms with Gasteiger partial charge in [0.15, 0.2) is 16.3 Å². The summed E-state index contributed by atoms with van der Waals surface area (Å²) in [5.74, 6) is 2.46. The van der Waals surface area contributed by atoms with Crippen molar-refractivity contribution in [2.75, 3.05) is 0 Å². The van der Waals surface area contributed by atoms with Crippen LogP contribution in [-0.2, 0) is 0 Å². The molecule has 0 unspecified atom stereocenters. The Hall–Kier alpha value is -1.89. The maximum Gasteiger partial charge on any atom is 0.294 e. The Labute approximate surface area is 122 Å². The summed E-state index contributed by atoms with van der Waals surface area (Å²) in [6.07, 6.45) is 3.83. The molecule has 0 N–H and O–H groups in total. The maximum absolute atomic E-state index is 5.48. The first-order chi connectivity index (χ1) is 9.70. The van der Waals surface area contributed by atoms with Crippen molar-refractivity contribution >= 4 is 15.9 Å². The van der Waals surface area contributed by atoms with E-state index >= 15 is 0 Å². The molecule has 3 heterocycles. The topological polar surface area (TPSA) is 78.1 Å². The lowest BCUT2D eigenvalue weighted by molar-refractivity contribution is 0.414. The molecule has 0 aliphatic heterocycles. The third-order valence-corrected chi connectivity index (χ3v) is 3.96. The van der Waals surface area contributed by atoms with Crippen molar-refractivity contribution in [3.63, 3.8) is 0 Å². The molecule has 1 aliphatic rings. The molecule has 6 nitrogen and oxygen atoms in total. The van der Waals surface area contributed by atoms with E-state index in [-0.39, 0.29) is 0 Å². The van der Waals surface area contributed by atoms with E-state index in [2.05, 4.69) is 31.1 Å². The van der Waals surface area contributed by atoms with E-state index < -0.39 is 0 Å². The van der Waals surface area contributed by atoms with Gasteiger partial charge in [0, 0.05) is 11.5 Å². The summed E-state index contributed by atoms with van der Waals surface area (Å²) in [7, 11) is 0. The van der Waals surface area contributed by atoms with Crippen molar-refractivity contribution in [2.45, 2.75) is 25.7 Å². The van der Waals surface area contributed by atoms with Crippen LogP contribution in [-0.4, -0.2) is 15.1 Å². The number of nitrogens with zero attached hydrogens (tertiary/aromatic N) is 3. The van der Waals surface area contributed by atoms with Gasteiger partial charge in [0.1, 0.15) is 12.0 Å². The molecule has 0 atom stereocenters. The molecule has 1 fully saturated rings. The first-order valence-corrected chi connectivity index (χ1v) is 7.06. The van der Waals surface area contributed by atoms with Crippen LogP contribution < -0.4 is 0 Å². The molecular formula is C13H10BrN3O3. The fraction of sp³-hybridized carbons (Fsp3) is 0.308. The minimum absolute atomic E-state index is 0.324. The van der Waals surface area contributed by atoms with Crippen LogP contribution >= 0.6 is 15.9 Å². The molecule has 3 aromatic rings. The minimum atomic E-state index is 0.324. The van der Waals surface area contributed by atoms with Crippen LogP contribution in [0.3, 0.4) is 0 Å². The Morgan fingerprint density at radius 3 is 2.85 bits per heavy atom. The fourth-order valence-corrected chi connectivity index (χ4v) is 2.19. The van der Waals surface area contributed by atoms with Gasteiger partial charge in [-0.3, -0.25) is 0 Å². The highest BCUT2D eigenvalue weighted by Crippen LogP contribution is 2.40. The van der Waals surface area contributed by atoms with Gasteiger partial charge in [0.05, 0.1) is 0 Å². The smallest absolute Gasteiger partial charge is 0.294 e. The highest BCUT2D eigenvalue weighted by atomic mass is 79.9. The minimum Gasteiger partial charge on any atom is -0.448 e. The van der Waals surface area contributed by atoms with E-state index in [4.69, 9.17) is 13.4 Å². The summed E-state index contributed by atoms with van der Waals surface area (Å²) in [4.78, 5) is 8.66. The van der Waals surface area contributed by atoms with Crippen molar-refractivity contribution in [3.05, 3.63) is 28.5 Å². The van der Waals surface area contributed by atoms with E-state index in [1.54, 1.807) is 6.26 Å². The van der Waals surface area contributed by atoms with Gasteiger partial charge in [-0.05, 0) is 41.8 Å². The third kappa shape index (κ3) is 1.98. The second-order valence-corrected chi connectivity index (χ2v) is 5.56. The normalized spacial score (nSPS) is 14.9. The first-order valence-electron chi connectivity index (χ1n) is 6.26. The van der Waals surface area contributed by atoms with Crippen LogP contribution in [0.25, 0.3) is 23.2 Å². The quantitative estimate of drug-likeness (QED) is 0.721. The molecule has 0 aromatic carbocycles. The number of hydrogen-bond acceptors (Lipinski definition) is 6. The molecule has 3 aromatic heterocycles. The Kier molecular flexibility index (Phi) is 2.56. The van der Waals surface area contributed by atoms with E-state index in [0.717, 1.165) is 24.3 Å². The fourth-order valence-electron chi connectivity index (χ4n) is 1.90. The van der Waals surface area contributed by atoms with Crippen LogP contribution in [0.15, 0.2) is 30.4 Å². The van der Waals surface area contributed by atoms with E-state index in [1.807, 2.05) is 13.0 Å². The number of hydrogen-bond donors (Lipinski definition) is 0. The largest absolute Gasteiger partial charge is 0.448 e. The lowest BCUT2D eigenvalue weighted by atomic mass is 10.3. The number of oxazole rings is 1. The van der Waals surface area contributed by atoms with Gasteiger partial charge in [0.25, 0.3) is 5.89 Å². The van der Waals surface area contributed by atoms with Crippen molar-refractivity contribution in [1.82, 2.24) is 15.1 Å². The molecule has 4 rings (SSSR count). The van der Waals surface area contributed by atoms with Gasteiger partial charge in [-0.1, -0.05) is 5.16 Å². The van der Waals surface area contributed by atoms with Crippen LogP contribution in [0.4, 0.5) is 0 Å². The van der Waals surface area contributed by atoms with Crippen LogP contribution in [0.1, 0.15) is 30.2 Å². The summed E-state index contributed by atoms with van der Waals surface area (Å²) in [5.41, 5.74) is 1.56. The van der Waals surface area contributed by atoms with E-state index in [0.29, 0.717) is 33.8 Å².